The molecule has 0 spiro atoms. The second-order valence-electron chi connectivity index (χ2n) is 8.33. The molecule has 0 radical (unpaired) electrons. The van der Waals surface area contributed by atoms with Gasteiger partial charge in [-0.25, -0.2) is 0 Å². The molecule has 0 atom stereocenters. The first-order valence-electron chi connectivity index (χ1n) is 10.9. The summed E-state index contributed by atoms with van der Waals surface area (Å²) in [6, 6.07) is 12.8. The number of aromatic amines is 2. The summed E-state index contributed by atoms with van der Waals surface area (Å²) in [4.78, 5) is 7.91. The lowest BCUT2D eigenvalue weighted by Crippen LogP contribution is -2.19. The lowest BCUT2D eigenvalue weighted by Gasteiger charge is -2.14. The fourth-order valence-corrected chi connectivity index (χ4v) is 4.63. The predicted molar refractivity (Wildman–Crippen MR) is 129 cm³/mol. The molecule has 2 aliphatic rings. The third kappa shape index (κ3) is 3.25. The maximum atomic E-state index is 6.26. The molecule has 0 saturated carbocycles. The number of benzene rings is 1. The molecule has 6 rings (SSSR count). The Hall–Kier alpha value is -3.90. The van der Waals surface area contributed by atoms with Crippen LogP contribution in [0.4, 0.5) is 0 Å². The molecular weight excluding hydrogens is 396 g/mol. The average Bonchev–Trinajstić information content (AvgIpc) is 3.40. The van der Waals surface area contributed by atoms with Crippen molar-refractivity contribution < 1.29 is 0 Å². The largest absolute Gasteiger partial charge is 0.402 e. The molecule has 4 heterocycles. The van der Waals surface area contributed by atoms with Gasteiger partial charge in [-0.1, -0.05) is 24.3 Å². The van der Waals surface area contributed by atoms with Crippen molar-refractivity contribution in [1.29, 1.82) is 0 Å². The second-order valence-corrected chi connectivity index (χ2v) is 8.33. The number of rotatable bonds is 3. The van der Waals surface area contributed by atoms with E-state index in [9.17, 15) is 0 Å². The van der Waals surface area contributed by atoms with E-state index in [2.05, 4.69) is 68.0 Å². The van der Waals surface area contributed by atoms with Crippen LogP contribution in [0.1, 0.15) is 28.8 Å². The van der Waals surface area contributed by atoms with E-state index in [1.807, 2.05) is 18.3 Å². The Morgan fingerprint density at radius 1 is 1.03 bits per heavy atom. The van der Waals surface area contributed by atoms with Crippen molar-refractivity contribution in [1.82, 2.24) is 25.5 Å². The molecule has 1 aliphatic carbocycles. The monoisotopic (exact) mass is 420 g/mol. The van der Waals surface area contributed by atoms with E-state index >= 15 is 0 Å². The second kappa shape index (κ2) is 7.66. The van der Waals surface area contributed by atoms with E-state index < -0.39 is 0 Å². The van der Waals surface area contributed by atoms with Crippen molar-refractivity contribution in [2.75, 3.05) is 13.1 Å². The predicted octanol–water partition coefficient (Wildman–Crippen LogP) is 4.16. The van der Waals surface area contributed by atoms with Gasteiger partial charge in [0.1, 0.15) is 5.69 Å². The highest BCUT2D eigenvalue weighted by Crippen LogP contribution is 2.35. The highest BCUT2D eigenvalue weighted by Gasteiger charge is 2.20. The first-order chi connectivity index (χ1) is 15.8. The minimum absolute atomic E-state index is 0.670. The van der Waals surface area contributed by atoms with Crippen LogP contribution in [0, 0.1) is 0 Å². The summed E-state index contributed by atoms with van der Waals surface area (Å²) in [5.74, 6) is 0. The Morgan fingerprint density at radius 3 is 2.84 bits per heavy atom. The summed E-state index contributed by atoms with van der Waals surface area (Å²) >= 11 is 0. The summed E-state index contributed by atoms with van der Waals surface area (Å²) in [6.07, 6.45) is 11.7. The minimum atomic E-state index is 0.670. The van der Waals surface area contributed by atoms with Gasteiger partial charge in [0, 0.05) is 53.3 Å². The van der Waals surface area contributed by atoms with Crippen LogP contribution in [0.15, 0.2) is 72.7 Å². The van der Waals surface area contributed by atoms with Gasteiger partial charge in [0.15, 0.2) is 0 Å². The molecule has 32 heavy (non-hydrogen) atoms. The van der Waals surface area contributed by atoms with Crippen molar-refractivity contribution in [3.8, 4) is 11.4 Å². The minimum Gasteiger partial charge on any atom is -0.402 e. The van der Waals surface area contributed by atoms with Crippen molar-refractivity contribution in [3.63, 3.8) is 0 Å². The third-order valence-electron chi connectivity index (χ3n) is 6.26. The number of nitrogens with zero attached hydrogens (tertiary/aromatic N) is 2. The van der Waals surface area contributed by atoms with Gasteiger partial charge in [-0.3, -0.25) is 10.1 Å². The maximum Gasteiger partial charge on any atom is 0.116 e. The van der Waals surface area contributed by atoms with Crippen LogP contribution in [-0.2, 0) is 6.42 Å². The molecular formula is C26H24N6. The van der Waals surface area contributed by atoms with Crippen molar-refractivity contribution in [3.05, 3.63) is 95.1 Å². The van der Waals surface area contributed by atoms with E-state index in [1.165, 1.54) is 11.1 Å². The number of nitrogens with one attached hydrogen (secondary N) is 3. The summed E-state index contributed by atoms with van der Waals surface area (Å²) in [6.45, 7) is 1.94. The molecule has 0 unspecified atom stereocenters. The SMILES string of the molecule is NC1=CC=C(c2cccnc2)c2cc(-c3n[nH]c4ccc(C5=CCNCC5)cc34)[nH]c2C1. The number of fused-ring (bicyclic) bond motifs is 2. The molecule has 5 N–H and O–H groups in total. The van der Waals surface area contributed by atoms with Crippen LogP contribution in [0.2, 0.25) is 0 Å². The van der Waals surface area contributed by atoms with Gasteiger partial charge in [-0.05, 0) is 60.0 Å². The molecule has 158 valence electrons. The molecule has 0 bridgehead atoms. The highest BCUT2D eigenvalue weighted by atomic mass is 15.1. The van der Waals surface area contributed by atoms with Gasteiger partial charge in [0.25, 0.3) is 0 Å². The fraction of sp³-hybridized carbons (Fsp3) is 0.154. The fourth-order valence-electron chi connectivity index (χ4n) is 4.63. The van der Waals surface area contributed by atoms with E-state index in [-0.39, 0.29) is 0 Å². The van der Waals surface area contributed by atoms with Gasteiger partial charge in [0.2, 0.25) is 0 Å². The van der Waals surface area contributed by atoms with Gasteiger partial charge in [0.05, 0.1) is 11.2 Å². The number of H-pyrrole nitrogens is 2. The van der Waals surface area contributed by atoms with E-state index in [4.69, 9.17) is 5.73 Å². The van der Waals surface area contributed by atoms with Crippen LogP contribution in [-0.4, -0.2) is 33.3 Å². The normalized spacial score (nSPS) is 16.2. The van der Waals surface area contributed by atoms with Crippen molar-refractivity contribution >= 4 is 22.0 Å². The number of hydrogen-bond donors (Lipinski definition) is 4. The zero-order valence-electron chi connectivity index (χ0n) is 17.7. The molecule has 4 aromatic rings. The molecule has 0 saturated heterocycles. The number of nitrogens with two attached hydrogens (primary N) is 1. The van der Waals surface area contributed by atoms with Crippen molar-refractivity contribution in [2.24, 2.45) is 5.73 Å². The molecule has 1 aromatic carbocycles. The number of pyridine rings is 1. The molecule has 0 fully saturated rings. The van der Waals surface area contributed by atoms with Crippen LogP contribution in [0.5, 0.6) is 0 Å². The number of hydrogen-bond acceptors (Lipinski definition) is 4. The zero-order valence-corrected chi connectivity index (χ0v) is 17.7. The Morgan fingerprint density at radius 2 is 2.00 bits per heavy atom. The van der Waals surface area contributed by atoms with Gasteiger partial charge in [-0.2, -0.15) is 5.10 Å². The first-order valence-corrected chi connectivity index (χ1v) is 10.9. The molecule has 3 aromatic heterocycles. The summed E-state index contributed by atoms with van der Waals surface area (Å²) < 4.78 is 0. The van der Waals surface area contributed by atoms with Gasteiger partial charge in [-0.15, -0.1) is 0 Å². The zero-order chi connectivity index (χ0) is 21.5. The molecule has 1 aliphatic heterocycles. The average molecular weight is 421 g/mol. The van der Waals surface area contributed by atoms with Crippen molar-refractivity contribution in [2.45, 2.75) is 12.8 Å². The Balaban J connectivity index is 1.47. The van der Waals surface area contributed by atoms with E-state index in [1.54, 1.807) is 6.20 Å². The molecule has 0 amide bonds. The topological polar surface area (TPSA) is 95.4 Å². The lowest BCUT2D eigenvalue weighted by molar-refractivity contribution is 0.739. The highest BCUT2D eigenvalue weighted by molar-refractivity contribution is 5.95. The summed E-state index contributed by atoms with van der Waals surface area (Å²) in [5, 5.41) is 12.4. The standard InChI is InChI=1S/C26H24N6/c27-19-4-5-20(18-2-1-9-29-15-18)21-14-25(30-24(21)13-19)26-22-12-17(3-6-23(22)31-32-26)16-7-10-28-11-8-16/h1-7,9,12,14-15,28,30H,8,10-11,13,27H2,(H,31,32). The number of allylic oxidation sites excluding steroid dienone is 3. The van der Waals surface area contributed by atoms with Crippen LogP contribution < -0.4 is 11.1 Å². The summed E-state index contributed by atoms with van der Waals surface area (Å²) in [7, 11) is 0. The van der Waals surface area contributed by atoms with E-state index in [0.29, 0.717) is 6.42 Å². The van der Waals surface area contributed by atoms with Gasteiger partial charge < -0.3 is 16.0 Å². The maximum absolute atomic E-state index is 6.26. The lowest BCUT2D eigenvalue weighted by atomic mass is 9.97. The van der Waals surface area contributed by atoms with Crippen LogP contribution in [0.3, 0.4) is 0 Å². The van der Waals surface area contributed by atoms with Crippen LogP contribution >= 0.6 is 0 Å². The summed E-state index contributed by atoms with van der Waals surface area (Å²) in [5.41, 5.74) is 17.1. The Labute approximate surface area is 186 Å². The van der Waals surface area contributed by atoms with Gasteiger partial charge >= 0.3 is 0 Å². The molecule has 6 nitrogen and oxygen atoms in total. The third-order valence-corrected chi connectivity index (χ3v) is 6.26. The quantitative estimate of drug-likeness (QED) is 0.400. The molecule has 6 heteroatoms. The van der Waals surface area contributed by atoms with E-state index in [0.717, 1.165) is 69.9 Å². The Bertz CT molecular complexity index is 1400. The number of aromatic nitrogens is 4. The smallest absolute Gasteiger partial charge is 0.116 e. The first kappa shape index (κ1) is 18.8. The van der Waals surface area contributed by atoms with Crippen LogP contribution in [0.25, 0.3) is 33.4 Å². The Kier molecular flexibility index (Phi) is 4.51.